The fourth-order valence-electron chi connectivity index (χ4n) is 4.62. The third-order valence-corrected chi connectivity index (χ3v) is 14.4. The summed E-state index contributed by atoms with van der Waals surface area (Å²) in [6.07, 6.45) is 1.07. The van der Waals surface area contributed by atoms with Crippen LogP contribution in [-0.2, 0) is 21.7 Å². The van der Waals surface area contributed by atoms with Crippen molar-refractivity contribution in [1.29, 1.82) is 0 Å². The van der Waals surface area contributed by atoms with E-state index in [4.69, 9.17) is 0 Å². The standard InChI is InChI=1S/C31H46O2S3/c1-13-19(4)23-17-21(33)27(35-23)31(11,12)29(7,8)25-15-14-24(36-25)28(5,6)30(9,10)26-20(32)16-22(34-26)18(2)3/h14-19,32-33H,13H2,1-12H3. The van der Waals surface area contributed by atoms with E-state index in [-0.39, 0.29) is 21.7 Å². The molecule has 2 nitrogen and oxygen atoms in total. The Hall–Kier alpha value is -1.30. The molecule has 5 heteroatoms. The fourth-order valence-corrected chi connectivity index (χ4v) is 8.91. The van der Waals surface area contributed by atoms with Gasteiger partial charge in [0, 0.05) is 41.2 Å². The van der Waals surface area contributed by atoms with Crippen LogP contribution < -0.4 is 0 Å². The summed E-state index contributed by atoms with van der Waals surface area (Å²) < 4.78 is 0. The monoisotopic (exact) mass is 546 g/mol. The first-order valence-corrected chi connectivity index (χ1v) is 15.6. The molecule has 0 aromatic carbocycles. The first kappa shape index (κ1) is 29.3. The van der Waals surface area contributed by atoms with Crippen LogP contribution in [0.2, 0.25) is 0 Å². The lowest BCUT2D eigenvalue weighted by molar-refractivity contribution is 0.302. The van der Waals surface area contributed by atoms with Gasteiger partial charge in [0.15, 0.2) is 0 Å². The molecule has 3 heterocycles. The van der Waals surface area contributed by atoms with Gasteiger partial charge < -0.3 is 10.2 Å². The first-order valence-electron chi connectivity index (χ1n) is 13.2. The van der Waals surface area contributed by atoms with Gasteiger partial charge in [-0.3, -0.25) is 0 Å². The molecule has 0 saturated heterocycles. The molecular weight excluding hydrogens is 501 g/mol. The molecule has 0 fully saturated rings. The van der Waals surface area contributed by atoms with Crippen molar-refractivity contribution < 1.29 is 10.2 Å². The van der Waals surface area contributed by atoms with Gasteiger partial charge in [-0.25, -0.2) is 0 Å². The highest BCUT2D eigenvalue weighted by molar-refractivity contribution is 7.13. The zero-order valence-corrected chi connectivity index (χ0v) is 26.7. The van der Waals surface area contributed by atoms with E-state index in [1.54, 1.807) is 22.7 Å². The van der Waals surface area contributed by atoms with Crippen molar-refractivity contribution in [3.8, 4) is 11.5 Å². The van der Waals surface area contributed by atoms with Gasteiger partial charge in [-0.05, 0) is 42.5 Å². The largest absolute Gasteiger partial charge is 0.507 e. The van der Waals surface area contributed by atoms with Gasteiger partial charge in [-0.15, -0.1) is 34.0 Å². The predicted molar refractivity (Wildman–Crippen MR) is 161 cm³/mol. The highest BCUT2D eigenvalue weighted by atomic mass is 32.1. The number of aromatic hydroxyl groups is 2. The van der Waals surface area contributed by atoms with Crippen molar-refractivity contribution in [2.24, 2.45) is 0 Å². The van der Waals surface area contributed by atoms with Gasteiger partial charge in [0.2, 0.25) is 0 Å². The molecular formula is C31H46O2S3. The molecule has 0 saturated carbocycles. The summed E-state index contributed by atoms with van der Waals surface area (Å²) >= 11 is 5.39. The van der Waals surface area contributed by atoms with Crippen LogP contribution in [0, 0.1) is 0 Å². The summed E-state index contributed by atoms with van der Waals surface area (Å²) in [4.78, 5) is 7.27. The molecule has 2 N–H and O–H groups in total. The summed E-state index contributed by atoms with van der Waals surface area (Å²) in [6, 6.07) is 8.51. The Kier molecular flexibility index (Phi) is 7.95. The summed E-state index contributed by atoms with van der Waals surface area (Å²) in [5.74, 6) is 1.71. The average molecular weight is 547 g/mol. The number of hydrogen-bond donors (Lipinski definition) is 2. The van der Waals surface area contributed by atoms with Crippen LogP contribution in [0.15, 0.2) is 24.3 Å². The summed E-state index contributed by atoms with van der Waals surface area (Å²) in [5, 5.41) is 21.8. The van der Waals surface area contributed by atoms with E-state index in [1.165, 1.54) is 19.5 Å². The van der Waals surface area contributed by atoms with Crippen LogP contribution in [0.5, 0.6) is 11.5 Å². The Morgan fingerprint density at radius 3 is 1.39 bits per heavy atom. The second-order valence-electron chi connectivity index (χ2n) is 12.9. The molecule has 36 heavy (non-hydrogen) atoms. The maximum absolute atomic E-state index is 10.9. The SMILES string of the molecule is CCC(C)c1cc(O)c(C(C)(C)C(C)(C)c2ccc(C(C)(C)C(C)(C)c3sc(C(C)C)cc3O)s2)s1. The van der Waals surface area contributed by atoms with E-state index >= 15 is 0 Å². The Morgan fingerprint density at radius 1 is 0.639 bits per heavy atom. The molecule has 0 bridgehead atoms. The second-order valence-corrected chi connectivity index (χ2v) is 16.1. The molecule has 200 valence electrons. The van der Waals surface area contributed by atoms with Crippen LogP contribution in [0.1, 0.15) is 131 Å². The lowest BCUT2D eigenvalue weighted by Crippen LogP contribution is -2.40. The quantitative estimate of drug-likeness (QED) is 0.280. The van der Waals surface area contributed by atoms with Crippen molar-refractivity contribution in [2.45, 2.75) is 123 Å². The van der Waals surface area contributed by atoms with E-state index in [9.17, 15) is 10.2 Å². The van der Waals surface area contributed by atoms with Crippen molar-refractivity contribution in [3.05, 3.63) is 53.5 Å². The third-order valence-electron chi connectivity index (χ3n) is 9.23. The van der Waals surface area contributed by atoms with Crippen LogP contribution in [0.4, 0.5) is 0 Å². The summed E-state index contributed by atoms with van der Waals surface area (Å²) in [7, 11) is 0. The van der Waals surface area contributed by atoms with Gasteiger partial charge in [-0.2, -0.15) is 0 Å². The fraction of sp³-hybridized carbons (Fsp3) is 0.613. The predicted octanol–water partition coefficient (Wildman–Crippen LogP) is 10.4. The molecule has 0 aliphatic heterocycles. The van der Waals surface area contributed by atoms with Crippen molar-refractivity contribution in [2.75, 3.05) is 0 Å². The summed E-state index contributed by atoms with van der Waals surface area (Å²) in [5.41, 5.74) is -0.843. The third kappa shape index (κ3) is 4.69. The smallest absolute Gasteiger partial charge is 0.130 e. The Balaban J connectivity index is 2.01. The number of thiophene rings is 3. The van der Waals surface area contributed by atoms with Crippen LogP contribution in [-0.4, -0.2) is 10.2 Å². The van der Waals surface area contributed by atoms with Gasteiger partial charge in [-0.1, -0.05) is 83.1 Å². The van der Waals surface area contributed by atoms with Gasteiger partial charge in [0.1, 0.15) is 11.5 Å². The lowest BCUT2D eigenvalue weighted by Gasteiger charge is -2.42. The van der Waals surface area contributed by atoms with E-state index in [0.717, 1.165) is 16.2 Å². The highest BCUT2D eigenvalue weighted by Crippen LogP contribution is 2.55. The molecule has 3 aromatic rings. The Bertz CT molecular complexity index is 1200. The van der Waals surface area contributed by atoms with Crippen molar-refractivity contribution >= 4 is 34.0 Å². The molecule has 0 radical (unpaired) electrons. The molecule has 0 aliphatic rings. The van der Waals surface area contributed by atoms with Crippen LogP contribution in [0.3, 0.4) is 0 Å². The van der Waals surface area contributed by atoms with Gasteiger partial charge in [0.05, 0.1) is 9.75 Å². The Morgan fingerprint density at radius 2 is 1.03 bits per heavy atom. The highest BCUT2D eigenvalue weighted by Gasteiger charge is 2.47. The summed E-state index contributed by atoms with van der Waals surface area (Å²) in [6.45, 7) is 27.1. The van der Waals surface area contributed by atoms with E-state index in [2.05, 4.69) is 95.2 Å². The minimum atomic E-state index is -0.243. The first-order chi connectivity index (χ1) is 16.4. The van der Waals surface area contributed by atoms with Crippen LogP contribution in [0.25, 0.3) is 0 Å². The average Bonchev–Trinajstić information content (AvgIpc) is 3.51. The molecule has 0 aliphatic carbocycles. The Labute approximate surface area is 231 Å². The van der Waals surface area contributed by atoms with Crippen molar-refractivity contribution in [1.82, 2.24) is 0 Å². The molecule has 3 rings (SSSR count). The van der Waals surface area contributed by atoms with E-state index < -0.39 is 0 Å². The molecule has 3 aromatic heterocycles. The zero-order chi connectivity index (χ0) is 27.4. The lowest BCUT2D eigenvalue weighted by atomic mass is 9.65. The van der Waals surface area contributed by atoms with E-state index in [0.29, 0.717) is 23.3 Å². The molecule has 1 atom stereocenters. The van der Waals surface area contributed by atoms with Gasteiger partial charge in [0.25, 0.3) is 0 Å². The second kappa shape index (κ2) is 9.78. The maximum atomic E-state index is 10.9. The maximum Gasteiger partial charge on any atom is 0.130 e. The minimum Gasteiger partial charge on any atom is -0.507 e. The van der Waals surface area contributed by atoms with E-state index in [1.807, 2.05) is 23.5 Å². The normalized spacial score (nSPS) is 14.6. The van der Waals surface area contributed by atoms with Gasteiger partial charge >= 0.3 is 0 Å². The molecule has 1 unspecified atom stereocenters. The van der Waals surface area contributed by atoms with Crippen molar-refractivity contribution in [3.63, 3.8) is 0 Å². The molecule has 0 spiro atoms. The zero-order valence-electron chi connectivity index (χ0n) is 24.3. The number of hydrogen-bond acceptors (Lipinski definition) is 5. The number of rotatable bonds is 9. The topological polar surface area (TPSA) is 40.5 Å². The minimum absolute atomic E-state index is 0.179. The molecule has 0 amide bonds. The van der Waals surface area contributed by atoms with Crippen LogP contribution >= 0.6 is 34.0 Å².